The lowest BCUT2D eigenvalue weighted by molar-refractivity contribution is -0.136. The van der Waals surface area contributed by atoms with E-state index in [1.54, 1.807) is 16.7 Å². The van der Waals surface area contributed by atoms with Crippen LogP contribution in [0.25, 0.3) is 0 Å². The van der Waals surface area contributed by atoms with E-state index in [1.807, 2.05) is 6.26 Å². The van der Waals surface area contributed by atoms with Crippen molar-refractivity contribution in [1.29, 1.82) is 0 Å². The van der Waals surface area contributed by atoms with Gasteiger partial charge in [-0.3, -0.25) is 4.79 Å². The van der Waals surface area contributed by atoms with E-state index in [1.165, 1.54) is 0 Å². The second kappa shape index (κ2) is 8.79. The van der Waals surface area contributed by atoms with Gasteiger partial charge in [-0.15, -0.1) is 0 Å². The van der Waals surface area contributed by atoms with Crippen LogP contribution >= 0.6 is 11.8 Å². The lowest BCUT2D eigenvalue weighted by atomic mass is 10.0. The van der Waals surface area contributed by atoms with Crippen LogP contribution < -0.4 is 5.73 Å². The van der Waals surface area contributed by atoms with E-state index in [0.29, 0.717) is 13.0 Å². The van der Waals surface area contributed by atoms with Gasteiger partial charge >= 0.3 is 0 Å². The number of amides is 1. The van der Waals surface area contributed by atoms with Crippen LogP contribution in [-0.2, 0) is 4.79 Å². The maximum Gasteiger partial charge on any atom is 0.239 e. The van der Waals surface area contributed by atoms with Gasteiger partial charge in [-0.05, 0) is 51.4 Å². The summed E-state index contributed by atoms with van der Waals surface area (Å²) in [6.07, 6.45) is 4.66. The molecule has 1 atom stereocenters. The largest absolute Gasteiger partial charge is 0.395 e. The standard InChI is InChI=1S/C13H27N3O2S/c1-15-6-3-11(4-7-15)16(8-9-17)13(18)12(14)5-10-19-2/h11-12,17H,3-10,14H2,1-2H3/t12-/m1/s1. The molecule has 1 saturated heterocycles. The highest BCUT2D eigenvalue weighted by atomic mass is 32.2. The quantitative estimate of drug-likeness (QED) is 0.689. The Kier molecular flexibility index (Phi) is 7.75. The van der Waals surface area contributed by atoms with E-state index in [0.717, 1.165) is 31.7 Å². The Morgan fingerprint density at radius 3 is 2.68 bits per heavy atom. The van der Waals surface area contributed by atoms with Crippen LogP contribution in [0.5, 0.6) is 0 Å². The molecule has 0 saturated carbocycles. The van der Waals surface area contributed by atoms with E-state index in [2.05, 4.69) is 11.9 Å². The molecule has 5 nitrogen and oxygen atoms in total. The average molecular weight is 289 g/mol. The molecule has 6 heteroatoms. The van der Waals surface area contributed by atoms with Crippen molar-refractivity contribution in [2.24, 2.45) is 5.73 Å². The molecule has 0 spiro atoms. The van der Waals surface area contributed by atoms with Crippen molar-refractivity contribution in [3.8, 4) is 0 Å². The third-order valence-corrected chi connectivity index (χ3v) is 4.35. The predicted octanol–water partition coefficient (Wildman–Crippen LogP) is -0.0181. The smallest absolute Gasteiger partial charge is 0.239 e. The number of likely N-dealkylation sites (tertiary alicyclic amines) is 1. The summed E-state index contributed by atoms with van der Waals surface area (Å²) in [6, 6.07) is -0.199. The second-order valence-electron chi connectivity index (χ2n) is 5.18. The van der Waals surface area contributed by atoms with E-state index in [-0.39, 0.29) is 18.6 Å². The van der Waals surface area contributed by atoms with Gasteiger partial charge < -0.3 is 20.6 Å². The maximum absolute atomic E-state index is 12.4. The molecule has 0 radical (unpaired) electrons. The van der Waals surface area contributed by atoms with Crippen LogP contribution in [-0.4, -0.2) is 78.2 Å². The molecular formula is C13H27N3O2S. The molecule has 1 rings (SSSR count). The molecule has 0 aliphatic carbocycles. The minimum absolute atomic E-state index is 0.00217. The van der Waals surface area contributed by atoms with E-state index in [9.17, 15) is 9.90 Å². The number of aliphatic hydroxyl groups is 1. The number of thioether (sulfide) groups is 1. The minimum atomic E-state index is -0.432. The number of nitrogens with zero attached hydrogens (tertiary/aromatic N) is 2. The van der Waals surface area contributed by atoms with Crippen molar-refractivity contribution in [3.63, 3.8) is 0 Å². The van der Waals surface area contributed by atoms with Crippen LogP contribution in [0.4, 0.5) is 0 Å². The van der Waals surface area contributed by atoms with Gasteiger partial charge in [0.1, 0.15) is 0 Å². The number of nitrogens with two attached hydrogens (primary N) is 1. The third-order valence-electron chi connectivity index (χ3n) is 3.70. The summed E-state index contributed by atoms with van der Waals surface area (Å²) in [5.74, 6) is 0.894. The van der Waals surface area contributed by atoms with E-state index in [4.69, 9.17) is 5.73 Å². The number of rotatable bonds is 7. The first-order valence-corrected chi connectivity index (χ1v) is 8.34. The molecule has 0 aromatic carbocycles. The molecule has 1 heterocycles. The highest BCUT2D eigenvalue weighted by Gasteiger charge is 2.29. The zero-order valence-electron chi connectivity index (χ0n) is 12.0. The Labute approximate surface area is 120 Å². The summed E-state index contributed by atoms with van der Waals surface area (Å²) >= 11 is 1.70. The molecule has 1 amide bonds. The molecule has 0 aromatic heterocycles. The SMILES string of the molecule is CSCC[C@@H](N)C(=O)N(CCO)C1CCN(C)CC1. The molecule has 19 heavy (non-hydrogen) atoms. The number of carbonyl (C=O) groups excluding carboxylic acids is 1. The van der Waals surface area contributed by atoms with Gasteiger partial charge in [0.15, 0.2) is 0 Å². The van der Waals surface area contributed by atoms with Crippen molar-refractivity contribution >= 4 is 17.7 Å². The molecule has 0 unspecified atom stereocenters. The van der Waals surface area contributed by atoms with Crippen molar-refractivity contribution in [3.05, 3.63) is 0 Å². The van der Waals surface area contributed by atoms with Crippen molar-refractivity contribution < 1.29 is 9.90 Å². The topological polar surface area (TPSA) is 69.8 Å². The Balaban J connectivity index is 2.57. The fraction of sp³-hybridized carbons (Fsp3) is 0.923. The van der Waals surface area contributed by atoms with Crippen LogP contribution in [0.3, 0.4) is 0 Å². The first kappa shape index (κ1) is 16.8. The highest BCUT2D eigenvalue weighted by Crippen LogP contribution is 2.17. The minimum Gasteiger partial charge on any atom is -0.395 e. The number of hydrogen-bond acceptors (Lipinski definition) is 5. The number of carbonyl (C=O) groups is 1. The van der Waals surface area contributed by atoms with Crippen molar-refractivity contribution in [1.82, 2.24) is 9.80 Å². The number of hydrogen-bond donors (Lipinski definition) is 2. The summed E-state index contributed by atoms with van der Waals surface area (Å²) in [5, 5.41) is 9.18. The fourth-order valence-corrected chi connectivity index (χ4v) is 2.96. The van der Waals surface area contributed by atoms with Crippen LogP contribution in [0.2, 0.25) is 0 Å². The Morgan fingerprint density at radius 2 is 2.16 bits per heavy atom. The molecule has 0 bridgehead atoms. The van der Waals surface area contributed by atoms with Gasteiger partial charge in [0.2, 0.25) is 5.91 Å². The molecule has 0 aromatic rings. The van der Waals surface area contributed by atoms with Crippen molar-refractivity contribution in [2.75, 3.05) is 45.3 Å². The average Bonchev–Trinajstić information content (AvgIpc) is 2.42. The molecule has 112 valence electrons. The lowest BCUT2D eigenvalue weighted by Crippen LogP contribution is -2.52. The summed E-state index contributed by atoms with van der Waals surface area (Å²) in [5.41, 5.74) is 5.97. The summed E-state index contributed by atoms with van der Waals surface area (Å²) in [7, 11) is 2.10. The maximum atomic E-state index is 12.4. The van der Waals surface area contributed by atoms with Gasteiger partial charge in [-0.2, -0.15) is 11.8 Å². The fourth-order valence-electron chi connectivity index (χ4n) is 2.47. The zero-order chi connectivity index (χ0) is 14.3. The number of piperidine rings is 1. The van der Waals surface area contributed by atoms with E-state index >= 15 is 0 Å². The Hall–Kier alpha value is -0.300. The third kappa shape index (κ3) is 5.30. The van der Waals surface area contributed by atoms with Crippen LogP contribution in [0.1, 0.15) is 19.3 Å². The second-order valence-corrected chi connectivity index (χ2v) is 6.16. The summed E-state index contributed by atoms with van der Waals surface area (Å²) in [6.45, 7) is 2.41. The highest BCUT2D eigenvalue weighted by molar-refractivity contribution is 7.98. The van der Waals surface area contributed by atoms with Gasteiger partial charge in [0.05, 0.1) is 12.6 Å². The zero-order valence-corrected chi connectivity index (χ0v) is 12.9. The Bertz CT molecular complexity index is 271. The number of aliphatic hydroxyl groups excluding tert-OH is 1. The summed E-state index contributed by atoms with van der Waals surface area (Å²) in [4.78, 5) is 16.5. The Morgan fingerprint density at radius 1 is 1.53 bits per heavy atom. The first-order valence-electron chi connectivity index (χ1n) is 6.94. The monoisotopic (exact) mass is 289 g/mol. The summed E-state index contributed by atoms with van der Waals surface area (Å²) < 4.78 is 0. The van der Waals surface area contributed by atoms with Crippen LogP contribution in [0, 0.1) is 0 Å². The molecule has 1 fully saturated rings. The van der Waals surface area contributed by atoms with Gasteiger partial charge in [-0.1, -0.05) is 0 Å². The van der Waals surface area contributed by atoms with Gasteiger partial charge in [-0.25, -0.2) is 0 Å². The normalized spacial score (nSPS) is 19.4. The molecule has 1 aliphatic rings. The van der Waals surface area contributed by atoms with Crippen LogP contribution in [0.15, 0.2) is 0 Å². The predicted molar refractivity (Wildman–Crippen MR) is 80.3 cm³/mol. The lowest BCUT2D eigenvalue weighted by Gasteiger charge is -2.38. The van der Waals surface area contributed by atoms with Gasteiger partial charge in [0.25, 0.3) is 0 Å². The van der Waals surface area contributed by atoms with Crippen molar-refractivity contribution in [2.45, 2.75) is 31.3 Å². The molecular weight excluding hydrogens is 262 g/mol. The van der Waals surface area contributed by atoms with Gasteiger partial charge in [0, 0.05) is 12.6 Å². The first-order chi connectivity index (χ1) is 9.10. The molecule has 1 aliphatic heterocycles. The molecule has 3 N–H and O–H groups in total. The van der Waals surface area contributed by atoms with E-state index < -0.39 is 6.04 Å².